The van der Waals surface area contributed by atoms with Gasteiger partial charge in [-0.1, -0.05) is 10.3 Å². The van der Waals surface area contributed by atoms with E-state index in [0.29, 0.717) is 0 Å². The normalized spacial score (nSPS) is 10.9. The van der Waals surface area contributed by atoms with E-state index >= 15 is 0 Å². The topological polar surface area (TPSA) is 72.9 Å². The molecule has 2 N–H and O–H groups in total. The van der Waals surface area contributed by atoms with E-state index in [2.05, 4.69) is 10.3 Å². The van der Waals surface area contributed by atoms with Crippen LogP contribution in [0.25, 0.3) is 0 Å². The summed E-state index contributed by atoms with van der Waals surface area (Å²) in [6, 6.07) is 7.52. The Labute approximate surface area is 133 Å². The Morgan fingerprint density at radius 2 is 1.10 bits per heavy atom. The third-order valence-corrected chi connectivity index (χ3v) is 2.86. The third-order valence-electron chi connectivity index (χ3n) is 2.86. The maximum Gasteiger partial charge on any atom is 0.206 e. The molecule has 110 valence electrons. The Balaban J connectivity index is 0.00000220. The van der Waals surface area contributed by atoms with Gasteiger partial charge in [-0.3, -0.25) is 0 Å². The molecule has 0 saturated carbocycles. The standard InChI is InChI=1S/C14H14N4O2.BrH/c19-15-11-13-1-5-17(6-2-13)9-10-18-7-3-14(4-8-18)12-16-20;/h1-8,11-12H,9-10H2;1H/p+1. The summed E-state index contributed by atoms with van der Waals surface area (Å²) in [4.78, 5) is 0. The minimum atomic E-state index is 0. The summed E-state index contributed by atoms with van der Waals surface area (Å²) in [6.07, 6.45) is 10.5. The highest BCUT2D eigenvalue weighted by molar-refractivity contribution is 5.78. The van der Waals surface area contributed by atoms with Crippen LogP contribution in [0.5, 0.6) is 0 Å². The zero-order chi connectivity index (χ0) is 14.2. The van der Waals surface area contributed by atoms with Gasteiger partial charge in [-0.15, -0.1) is 0 Å². The van der Waals surface area contributed by atoms with Gasteiger partial charge >= 0.3 is 0 Å². The Bertz CT molecular complexity index is 542. The molecule has 0 atom stereocenters. The van der Waals surface area contributed by atoms with Crippen LogP contribution in [0.4, 0.5) is 0 Å². The number of rotatable bonds is 5. The fraction of sp³-hybridized carbons (Fsp3) is 0.143. The van der Waals surface area contributed by atoms with Crippen molar-refractivity contribution >= 4 is 12.4 Å². The molecule has 0 spiro atoms. The summed E-state index contributed by atoms with van der Waals surface area (Å²) in [5, 5.41) is 22.8. The first-order valence-electron chi connectivity index (χ1n) is 6.15. The quantitative estimate of drug-likeness (QED) is 0.272. The molecule has 2 aromatic rings. The lowest BCUT2D eigenvalue weighted by molar-refractivity contribution is -0.778. The Kier molecular flexibility index (Phi) is 7.03. The van der Waals surface area contributed by atoms with Gasteiger partial charge in [0.05, 0.1) is 12.4 Å². The number of hydrogen-bond donors (Lipinski definition) is 2. The van der Waals surface area contributed by atoms with E-state index < -0.39 is 0 Å². The van der Waals surface area contributed by atoms with Gasteiger partial charge in [0.1, 0.15) is 0 Å². The summed E-state index contributed by atoms with van der Waals surface area (Å²) in [5.41, 5.74) is 1.70. The van der Waals surface area contributed by atoms with Crippen molar-refractivity contribution in [2.45, 2.75) is 13.1 Å². The maximum absolute atomic E-state index is 8.44. The van der Waals surface area contributed by atoms with E-state index in [1.807, 2.05) is 58.2 Å². The minimum absolute atomic E-state index is 0. The summed E-state index contributed by atoms with van der Waals surface area (Å²) < 4.78 is 4.09. The molecule has 0 radical (unpaired) electrons. The van der Waals surface area contributed by atoms with Crippen molar-refractivity contribution in [2.75, 3.05) is 0 Å². The maximum atomic E-state index is 8.44. The van der Waals surface area contributed by atoms with Gasteiger partial charge < -0.3 is 27.4 Å². The molecular formula is C14H16BrN4O2+. The van der Waals surface area contributed by atoms with Gasteiger partial charge in [0.25, 0.3) is 0 Å². The molecule has 0 saturated heterocycles. The summed E-state index contributed by atoms with van der Waals surface area (Å²) in [6.45, 7) is 1.66. The third kappa shape index (κ3) is 5.31. The molecule has 0 unspecified atom stereocenters. The van der Waals surface area contributed by atoms with Gasteiger partial charge in [0.2, 0.25) is 13.1 Å². The summed E-state index contributed by atoms with van der Waals surface area (Å²) in [7, 11) is 0. The van der Waals surface area contributed by atoms with E-state index in [1.165, 1.54) is 12.4 Å². The molecule has 2 heterocycles. The number of pyridine rings is 2. The largest absolute Gasteiger partial charge is 1.00 e. The van der Waals surface area contributed by atoms with E-state index in [9.17, 15) is 0 Å². The van der Waals surface area contributed by atoms with Crippen LogP contribution in [0.15, 0.2) is 59.4 Å². The van der Waals surface area contributed by atoms with Crippen LogP contribution in [-0.2, 0) is 13.1 Å². The number of aryl methyl sites for hydroxylation is 2. The van der Waals surface area contributed by atoms with E-state index in [-0.39, 0.29) is 17.0 Å². The van der Waals surface area contributed by atoms with Crippen molar-refractivity contribution in [1.29, 1.82) is 0 Å². The molecule has 0 bridgehead atoms. The Morgan fingerprint density at radius 1 is 0.762 bits per heavy atom. The van der Waals surface area contributed by atoms with Crippen molar-refractivity contribution in [3.63, 3.8) is 0 Å². The fourth-order valence-electron chi connectivity index (χ4n) is 1.77. The molecule has 0 aliphatic carbocycles. The molecular weight excluding hydrogens is 336 g/mol. The van der Waals surface area contributed by atoms with Gasteiger partial charge in [-0.25, -0.2) is 0 Å². The highest BCUT2D eigenvalue weighted by Crippen LogP contribution is 1.91. The molecule has 0 amide bonds. The van der Waals surface area contributed by atoms with Gasteiger partial charge in [0.15, 0.2) is 24.8 Å². The second-order valence-corrected chi connectivity index (χ2v) is 4.23. The van der Waals surface area contributed by atoms with E-state index in [1.54, 1.807) is 0 Å². The first-order chi connectivity index (χ1) is 9.81. The molecule has 0 fully saturated rings. The van der Waals surface area contributed by atoms with Crippen molar-refractivity contribution < 1.29 is 36.5 Å². The van der Waals surface area contributed by atoms with Crippen molar-refractivity contribution in [3.05, 3.63) is 60.2 Å². The Morgan fingerprint density at radius 3 is 1.38 bits per heavy atom. The lowest BCUT2D eigenvalue weighted by Crippen LogP contribution is -3.00. The van der Waals surface area contributed by atoms with Crippen LogP contribution >= 0.6 is 0 Å². The average Bonchev–Trinajstić information content (AvgIpc) is 2.49. The van der Waals surface area contributed by atoms with Crippen LogP contribution in [-0.4, -0.2) is 22.8 Å². The van der Waals surface area contributed by atoms with E-state index in [4.69, 9.17) is 10.4 Å². The second kappa shape index (κ2) is 8.80. The molecule has 2 aromatic heterocycles. The van der Waals surface area contributed by atoms with Gasteiger partial charge in [0, 0.05) is 35.4 Å². The molecule has 6 nitrogen and oxygen atoms in total. The highest BCUT2D eigenvalue weighted by Gasteiger charge is 2.06. The van der Waals surface area contributed by atoms with Crippen LogP contribution in [0, 0.1) is 0 Å². The predicted octanol–water partition coefficient (Wildman–Crippen LogP) is -2.42. The zero-order valence-corrected chi connectivity index (χ0v) is 12.8. The molecule has 0 aromatic carbocycles. The fourth-order valence-corrected chi connectivity index (χ4v) is 1.77. The smallest absolute Gasteiger partial charge is 0.206 e. The van der Waals surface area contributed by atoms with Gasteiger partial charge in [-0.05, 0) is 0 Å². The molecule has 0 aliphatic rings. The summed E-state index contributed by atoms with van der Waals surface area (Å²) >= 11 is 0. The SMILES string of the molecule is ON=Cc1cc[n+](CC[n+]2ccc(C=NO)cc2)cc1.[Br-]. The zero-order valence-electron chi connectivity index (χ0n) is 11.2. The summed E-state index contributed by atoms with van der Waals surface area (Å²) in [5.74, 6) is 0. The lowest BCUT2D eigenvalue weighted by atomic mass is 10.3. The molecule has 2 rings (SSSR count). The van der Waals surface area contributed by atoms with Crippen molar-refractivity contribution in [1.82, 2.24) is 0 Å². The van der Waals surface area contributed by atoms with Crippen LogP contribution in [0.1, 0.15) is 11.1 Å². The molecule has 7 heteroatoms. The average molecular weight is 352 g/mol. The molecule has 21 heavy (non-hydrogen) atoms. The van der Waals surface area contributed by atoms with Crippen LogP contribution in [0.2, 0.25) is 0 Å². The lowest BCUT2D eigenvalue weighted by Gasteiger charge is -1.96. The van der Waals surface area contributed by atoms with Crippen LogP contribution < -0.4 is 26.1 Å². The van der Waals surface area contributed by atoms with Crippen LogP contribution in [0.3, 0.4) is 0 Å². The minimum Gasteiger partial charge on any atom is -1.00 e. The molecule has 0 aliphatic heterocycles. The van der Waals surface area contributed by atoms with Crippen molar-refractivity contribution in [2.24, 2.45) is 10.3 Å². The first kappa shape index (κ1) is 16.8. The number of oxime groups is 2. The van der Waals surface area contributed by atoms with Gasteiger partial charge in [-0.2, -0.15) is 9.13 Å². The number of hydrogen-bond acceptors (Lipinski definition) is 4. The van der Waals surface area contributed by atoms with Crippen molar-refractivity contribution in [3.8, 4) is 0 Å². The number of halogens is 1. The number of aromatic nitrogens is 2. The first-order valence-corrected chi connectivity index (χ1v) is 6.15. The number of nitrogens with zero attached hydrogens (tertiary/aromatic N) is 4. The highest BCUT2D eigenvalue weighted by atomic mass is 79.9. The second-order valence-electron chi connectivity index (χ2n) is 4.23. The predicted molar refractivity (Wildman–Crippen MR) is 72.0 cm³/mol. The monoisotopic (exact) mass is 351 g/mol. The Hall–Kier alpha value is -2.28. The van der Waals surface area contributed by atoms with E-state index in [0.717, 1.165) is 24.2 Å².